The standard InChI is InChI=1S/C23H27N5OS/c1-4-7-19-25-26-23-28(19)27-20(17-12-10-16(5-2)11-13-17)21(30-23)22(29)24-18-9-6-8-15(3)14-18/h6,8-14,20-21,27H,4-5,7H2,1-3H3,(H,24,29)/t20-,21-/m1/s1. The maximum absolute atomic E-state index is 13.3. The summed E-state index contributed by atoms with van der Waals surface area (Å²) in [6.45, 7) is 6.28. The van der Waals surface area contributed by atoms with Gasteiger partial charge in [-0.3, -0.25) is 4.79 Å². The topological polar surface area (TPSA) is 71.8 Å². The molecule has 0 spiro atoms. The lowest BCUT2D eigenvalue weighted by atomic mass is 10.0. The Morgan fingerprint density at radius 3 is 2.67 bits per heavy atom. The minimum absolute atomic E-state index is 0.0473. The van der Waals surface area contributed by atoms with Crippen LogP contribution in [0.15, 0.2) is 53.7 Å². The van der Waals surface area contributed by atoms with Crippen LogP contribution < -0.4 is 10.7 Å². The first-order valence-electron chi connectivity index (χ1n) is 10.4. The molecule has 2 atom stereocenters. The zero-order valence-corrected chi connectivity index (χ0v) is 18.4. The van der Waals surface area contributed by atoms with Gasteiger partial charge in [0.05, 0.1) is 6.04 Å². The van der Waals surface area contributed by atoms with Crippen molar-refractivity contribution in [2.24, 2.45) is 0 Å². The Bertz CT molecular complexity index is 1030. The van der Waals surface area contributed by atoms with Crippen molar-refractivity contribution in [2.45, 2.75) is 56.5 Å². The van der Waals surface area contributed by atoms with E-state index in [0.717, 1.165) is 47.1 Å². The number of carbonyl (C=O) groups is 1. The van der Waals surface area contributed by atoms with Gasteiger partial charge in [0.25, 0.3) is 0 Å². The van der Waals surface area contributed by atoms with Crippen LogP contribution in [-0.2, 0) is 17.6 Å². The Kier molecular flexibility index (Phi) is 6.08. The predicted molar refractivity (Wildman–Crippen MR) is 121 cm³/mol. The molecule has 1 aromatic heterocycles. The van der Waals surface area contributed by atoms with E-state index in [4.69, 9.17) is 0 Å². The fourth-order valence-corrected chi connectivity index (χ4v) is 4.73. The number of benzene rings is 2. The van der Waals surface area contributed by atoms with Gasteiger partial charge in [-0.25, -0.2) is 4.68 Å². The van der Waals surface area contributed by atoms with Crippen molar-refractivity contribution < 1.29 is 4.79 Å². The molecule has 6 nitrogen and oxygen atoms in total. The van der Waals surface area contributed by atoms with Gasteiger partial charge < -0.3 is 10.7 Å². The van der Waals surface area contributed by atoms with E-state index in [0.29, 0.717) is 0 Å². The first-order chi connectivity index (χ1) is 14.6. The van der Waals surface area contributed by atoms with Gasteiger partial charge in [0, 0.05) is 12.1 Å². The summed E-state index contributed by atoms with van der Waals surface area (Å²) in [6.07, 6.45) is 2.81. The lowest BCUT2D eigenvalue weighted by molar-refractivity contribution is -0.116. The molecule has 0 bridgehead atoms. The van der Waals surface area contributed by atoms with E-state index in [1.54, 1.807) is 0 Å². The van der Waals surface area contributed by atoms with Crippen molar-refractivity contribution in [3.63, 3.8) is 0 Å². The van der Waals surface area contributed by atoms with E-state index >= 15 is 0 Å². The number of nitrogens with one attached hydrogen (secondary N) is 2. The maximum atomic E-state index is 13.3. The lowest BCUT2D eigenvalue weighted by Crippen LogP contribution is -2.41. The molecule has 0 aliphatic carbocycles. The molecule has 0 saturated carbocycles. The number of aromatic nitrogens is 3. The molecule has 156 valence electrons. The number of amides is 1. The fraction of sp³-hybridized carbons (Fsp3) is 0.348. The normalized spacial score (nSPS) is 17.8. The molecular weight excluding hydrogens is 394 g/mol. The van der Waals surface area contributed by atoms with E-state index in [9.17, 15) is 4.79 Å². The fourth-order valence-electron chi connectivity index (χ4n) is 3.63. The first-order valence-corrected chi connectivity index (χ1v) is 11.3. The molecule has 0 radical (unpaired) electrons. The average Bonchev–Trinajstić information content (AvgIpc) is 3.15. The number of nitrogens with zero attached hydrogens (tertiary/aromatic N) is 3. The van der Waals surface area contributed by atoms with Crippen molar-refractivity contribution in [3.05, 3.63) is 71.0 Å². The Hall–Kier alpha value is -2.80. The Balaban J connectivity index is 1.66. The van der Waals surface area contributed by atoms with Gasteiger partial charge in [-0.2, -0.15) is 0 Å². The summed E-state index contributed by atoms with van der Waals surface area (Å²) in [6, 6.07) is 16.2. The molecule has 0 unspecified atom stereocenters. The van der Waals surface area contributed by atoms with Crippen LogP contribution in [0.5, 0.6) is 0 Å². The van der Waals surface area contributed by atoms with Crippen molar-refractivity contribution in [1.82, 2.24) is 14.9 Å². The third-order valence-corrected chi connectivity index (χ3v) is 6.48. The third-order valence-electron chi connectivity index (χ3n) is 5.27. The van der Waals surface area contributed by atoms with Gasteiger partial charge in [-0.1, -0.05) is 62.0 Å². The second-order valence-corrected chi connectivity index (χ2v) is 8.69. The minimum Gasteiger partial charge on any atom is -0.325 e. The smallest absolute Gasteiger partial charge is 0.240 e. The average molecular weight is 422 g/mol. The molecule has 0 saturated heterocycles. The van der Waals surface area contributed by atoms with Gasteiger partial charge >= 0.3 is 0 Å². The summed E-state index contributed by atoms with van der Waals surface area (Å²) < 4.78 is 1.95. The van der Waals surface area contributed by atoms with Crippen molar-refractivity contribution in [1.29, 1.82) is 0 Å². The number of rotatable bonds is 6. The lowest BCUT2D eigenvalue weighted by Gasteiger charge is -2.33. The molecule has 3 aromatic rings. The molecule has 1 aliphatic heterocycles. The molecule has 2 aromatic carbocycles. The summed E-state index contributed by atoms with van der Waals surface area (Å²) in [5, 5.41) is 12.1. The second kappa shape index (κ2) is 8.92. The summed E-state index contributed by atoms with van der Waals surface area (Å²) in [4.78, 5) is 13.3. The van der Waals surface area contributed by atoms with Gasteiger partial charge in [0.15, 0.2) is 5.82 Å². The monoisotopic (exact) mass is 421 g/mol. The van der Waals surface area contributed by atoms with Crippen LogP contribution in [0, 0.1) is 6.92 Å². The van der Waals surface area contributed by atoms with Gasteiger partial charge in [-0.05, 0) is 48.6 Å². The number of carbonyl (C=O) groups excluding carboxylic acids is 1. The third kappa shape index (κ3) is 4.21. The Morgan fingerprint density at radius 1 is 1.17 bits per heavy atom. The van der Waals surface area contributed by atoms with Gasteiger partial charge in [0.1, 0.15) is 5.25 Å². The quantitative estimate of drug-likeness (QED) is 0.613. The van der Waals surface area contributed by atoms with E-state index < -0.39 is 0 Å². The number of hydrogen-bond acceptors (Lipinski definition) is 5. The summed E-state index contributed by atoms with van der Waals surface area (Å²) in [5.41, 5.74) is 7.79. The van der Waals surface area contributed by atoms with Gasteiger partial charge in [-0.15, -0.1) is 10.2 Å². The maximum Gasteiger partial charge on any atom is 0.240 e. The van der Waals surface area contributed by atoms with E-state index in [1.807, 2.05) is 35.9 Å². The minimum atomic E-state index is -0.371. The predicted octanol–water partition coefficient (Wildman–Crippen LogP) is 4.50. The largest absolute Gasteiger partial charge is 0.325 e. The molecule has 30 heavy (non-hydrogen) atoms. The van der Waals surface area contributed by atoms with E-state index in [2.05, 4.69) is 59.1 Å². The molecule has 0 fully saturated rings. The van der Waals surface area contributed by atoms with Crippen LogP contribution in [0.2, 0.25) is 0 Å². The summed E-state index contributed by atoms with van der Waals surface area (Å²) in [7, 11) is 0. The number of anilines is 1. The SMILES string of the molecule is CCCc1nnc2n1N[C@H](c1ccc(CC)cc1)[C@H](C(=O)Nc1cccc(C)c1)S2. The van der Waals surface area contributed by atoms with Crippen LogP contribution in [0.1, 0.15) is 48.8 Å². The van der Waals surface area contributed by atoms with Crippen LogP contribution in [0.4, 0.5) is 5.69 Å². The summed E-state index contributed by atoms with van der Waals surface area (Å²) in [5.74, 6) is 0.849. The molecule has 1 aliphatic rings. The first kappa shape index (κ1) is 20.5. The molecule has 2 heterocycles. The zero-order chi connectivity index (χ0) is 21.1. The van der Waals surface area contributed by atoms with Crippen LogP contribution in [0.25, 0.3) is 0 Å². The second-order valence-electron chi connectivity index (χ2n) is 7.58. The number of fused-ring (bicyclic) bond motifs is 1. The highest BCUT2D eigenvalue weighted by atomic mass is 32.2. The van der Waals surface area contributed by atoms with Crippen LogP contribution >= 0.6 is 11.8 Å². The highest BCUT2D eigenvalue weighted by Crippen LogP contribution is 2.37. The number of thioether (sulfide) groups is 1. The number of hydrogen-bond donors (Lipinski definition) is 2. The van der Waals surface area contributed by atoms with Crippen molar-refractivity contribution >= 4 is 23.4 Å². The molecule has 7 heteroatoms. The molecule has 1 amide bonds. The van der Waals surface area contributed by atoms with Crippen molar-refractivity contribution in [2.75, 3.05) is 10.7 Å². The zero-order valence-electron chi connectivity index (χ0n) is 17.6. The van der Waals surface area contributed by atoms with Crippen molar-refractivity contribution in [3.8, 4) is 0 Å². The Labute approximate surface area is 181 Å². The van der Waals surface area contributed by atoms with Gasteiger partial charge in [0.2, 0.25) is 11.1 Å². The molecule has 2 N–H and O–H groups in total. The molecule has 4 rings (SSSR count). The Morgan fingerprint density at radius 2 is 1.97 bits per heavy atom. The highest BCUT2D eigenvalue weighted by Gasteiger charge is 2.37. The van der Waals surface area contributed by atoms with E-state index in [-0.39, 0.29) is 17.2 Å². The highest BCUT2D eigenvalue weighted by molar-refractivity contribution is 8.00. The summed E-state index contributed by atoms with van der Waals surface area (Å²) >= 11 is 1.46. The van der Waals surface area contributed by atoms with E-state index in [1.165, 1.54) is 17.3 Å². The number of aryl methyl sites for hydroxylation is 3. The van der Waals surface area contributed by atoms with Crippen LogP contribution in [-0.4, -0.2) is 26.0 Å². The van der Waals surface area contributed by atoms with Crippen LogP contribution in [0.3, 0.4) is 0 Å². The molecular formula is C23H27N5OS.